The Morgan fingerprint density at radius 1 is 1.10 bits per heavy atom. The molecule has 2 N–H and O–H groups in total. The molecule has 63 heavy (non-hydrogen) atoms. The molecule has 0 spiro atoms. The number of aromatic nitrogens is 3. The third-order valence-corrected chi connectivity index (χ3v) is 15.5. The van der Waals surface area contributed by atoms with Crippen molar-refractivity contribution >= 4 is 40.0 Å². The number of esters is 1. The monoisotopic (exact) mass is 873 g/mol. The number of hydrazine groups is 1. The first-order chi connectivity index (χ1) is 30.4. The minimum absolute atomic E-state index is 0.0570. The molecule has 3 saturated heterocycles. The molecule has 5 fully saturated rings. The first kappa shape index (κ1) is 42.2. The number of piperidine rings is 1. The van der Waals surface area contributed by atoms with Gasteiger partial charge in [0.1, 0.15) is 24.4 Å². The molecular formula is C49H59N7O6S. The van der Waals surface area contributed by atoms with Crippen LogP contribution in [-0.4, -0.2) is 100 Å². The Hall–Kier alpha value is -4.81. The minimum atomic E-state index is -0.853. The fourth-order valence-electron chi connectivity index (χ4n) is 10.6. The van der Waals surface area contributed by atoms with Gasteiger partial charge in [0.25, 0.3) is 5.91 Å². The summed E-state index contributed by atoms with van der Waals surface area (Å²) in [5.41, 5.74) is 10.2. The Labute approximate surface area is 373 Å². The lowest BCUT2D eigenvalue weighted by atomic mass is 9.73. The molecule has 5 aliphatic heterocycles. The van der Waals surface area contributed by atoms with Gasteiger partial charge >= 0.3 is 5.97 Å². The molecule has 3 aromatic heterocycles. The van der Waals surface area contributed by atoms with Crippen LogP contribution in [0.4, 0.5) is 0 Å². The van der Waals surface area contributed by atoms with Gasteiger partial charge in [-0.15, -0.1) is 11.3 Å². The van der Waals surface area contributed by atoms with Gasteiger partial charge in [-0.25, -0.2) is 10.4 Å². The summed E-state index contributed by atoms with van der Waals surface area (Å²) in [7, 11) is 1.71. The molecule has 2 aliphatic carbocycles. The van der Waals surface area contributed by atoms with E-state index in [2.05, 4.69) is 77.9 Å². The quantitative estimate of drug-likeness (QED) is 0.167. The average Bonchev–Trinajstić information content (AvgIpc) is 3.53. The van der Waals surface area contributed by atoms with E-state index in [1.165, 1.54) is 30.6 Å². The zero-order valence-electron chi connectivity index (χ0n) is 37.3. The van der Waals surface area contributed by atoms with E-state index in [1.807, 2.05) is 18.5 Å². The summed E-state index contributed by atoms with van der Waals surface area (Å²) in [5, 5.41) is 8.52. The highest BCUT2D eigenvalue weighted by atomic mass is 32.1. The second-order valence-electron chi connectivity index (χ2n) is 19.7. The molecule has 2 amide bonds. The third kappa shape index (κ3) is 7.93. The van der Waals surface area contributed by atoms with Crippen LogP contribution in [-0.2, 0) is 43.2 Å². The molecule has 7 aliphatic rings. The Bertz CT molecular complexity index is 2520. The van der Waals surface area contributed by atoms with E-state index in [-0.39, 0.29) is 66.6 Å². The van der Waals surface area contributed by atoms with Crippen molar-refractivity contribution in [1.82, 2.24) is 35.2 Å². The van der Waals surface area contributed by atoms with Crippen molar-refractivity contribution in [2.45, 2.75) is 110 Å². The van der Waals surface area contributed by atoms with Gasteiger partial charge in [0.05, 0.1) is 53.4 Å². The number of benzene rings is 1. The van der Waals surface area contributed by atoms with Crippen molar-refractivity contribution in [3.63, 3.8) is 0 Å². The maximum Gasteiger partial charge on any atom is 0.325 e. The summed E-state index contributed by atoms with van der Waals surface area (Å²) >= 11 is 1.48. The largest absolute Gasteiger partial charge is 0.489 e. The summed E-state index contributed by atoms with van der Waals surface area (Å²) in [5.74, 6) is 7.36. The SMILES string of the molecule is CO[C@@H](C)c1ncc(C#CCN2CCCCC2)cc1-c1c2c3cc(cc4c3n1CCO4)-c1csc(n1)C[C@H](NC(=O)C1[C@@H](C)[C@H]1C)C(=O)N1N[C@H](C(=O)OCC(C)(C)C2)C2CC1C2. The van der Waals surface area contributed by atoms with Gasteiger partial charge in [-0.3, -0.25) is 29.3 Å². The average molecular weight is 874 g/mol. The first-order valence-corrected chi connectivity index (χ1v) is 23.8. The number of pyridine rings is 1. The maximum absolute atomic E-state index is 14.5. The predicted octanol–water partition coefficient (Wildman–Crippen LogP) is 6.31. The minimum Gasteiger partial charge on any atom is -0.489 e. The molecule has 1 unspecified atom stereocenters. The molecule has 4 aromatic rings. The molecule has 8 bridgehead atoms. The van der Waals surface area contributed by atoms with E-state index in [0.717, 1.165) is 80.6 Å². The number of fused-ring (bicyclic) bond motifs is 4. The van der Waals surface area contributed by atoms with Crippen LogP contribution in [0, 0.1) is 40.9 Å². The van der Waals surface area contributed by atoms with Crippen LogP contribution < -0.4 is 15.5 Å². The number of rotatable bonds is 6. The Morgan fingerprint density at radius 3 is 2.65 bits per heavy atom. The Balaban J connectivity index is 1.10. The lowest BCUT2D eigenvalue weighted by Crippen LogP contribution is -2.71. The van der Waals surface area contributed by atoms with E-state index in [9.17, 15) is 14.4 Å². The molecular weight excluding hydrogens is 815 g/mol. The molecule has 11 rings (SSSR count). The number of nitrogens with one attached hydrogen (secondary N) is 2. The van der Waals surface area contributed by atoms with Gasteiger partial charge in [-0.05, 0) is 93.6 Å². The van der Waals surface area contributed by atoms with E-state index >= 15 is 0 Å². The number of thiazole rings is 1. The van der Waals surface area contributed by atoms with Crippen molar-refractivity contribution in [3.8, 4) is 40.1 Å². The van der Waals surface area contributed by atoms with Gasteiger partial charge < -0.3 is 24.1 Å². The highest BCUT2D eigenvalue weighted by molar-refractivity contribution is 7.10. The standard InChI is InChI=1S/C49H59N7O6S/c1-27-28(2)41(27)46(57)52-37-22-40-51-38(25-63-40)31-20-34-36(23-49(4,5)26-62-48(59)43-32-18-33(19-32)56(53-43)47(37)58)44(55-15-16-61-39(21-31)45(34)55)35-17-30(24-50-42(35)29(3)60-6)11-10-14-54-12-8-7-9-13-54/h17,20-21,24-25,27-29,32-33,37,41,43,53H,7-9,12-16,18-19,22-23,26H2,1-6H3,(H,52,57)/t27-,28+,29-,32?,33?,37-,41?,43-/m0/s1. The zero-order valence-corrected chi connectivity index (χ0v) is 38.1. The van der Waals surface area contributed by atoms with Crippen LogP contribution in [0.25, 0.3) is 33.4 Å². The van der Waals surface area contributed by atoms with Gasteiger partial charge in [0, 0.05) is 64.6 Å². The van der Waals surface area contributed by atoms with Crippen LogP contribution in [0.15, 0.2) is 29.8 Å². The highest BCUT2D eigenvalue weighted by Crippen LogP contribution is 2.48. The van der Waals surface area contributed by atoms with Crippen molar-refractivity contribution < 1.29 is 28.6 Å². The molecule has 6 atom stereocenters. The second kappa shape index (κ2) is 16.6. The summed E-state index contributed by atoms with van der Waals surface area (Å²) in [6.45, 7) is 14.6. The summed E-state index contributed by atoms with van der Waals surface area (Å²) in [6, 6.07) is 4.86. The van der Waals surface area contributed by atoms with Crippen LogP contribution in [0.3, 0.4) is 0 Å². The van der Waals surface area contributed by atoms with Crippen molar-refractivity contribution in [3.05, 3.63) is 51.6 Å². The fraction of sp³-hybridized carbons (Fsp3) is 0.571. The molecule has 8 heterocycles. The molecule has 0 radical (unpaired) electrons. The van der Waals surface area contributed by atoms with Crippen molar-refractivity contribution in [2.24, 2.45) is 29.1 Å². The summed E-state index contributed by atoms with van der Waals surface area (Å²) < 4.78 is 21.1. The van der Waals surface area contributed by atoms with E-state index in [0.29, 0.717) is 32.4 Å². The Morgan fingerprint density at radius 2 is 1.89 bits per heavy atom. The second-order valence-corrected chi connectivity index (χ2v) is 20.6. The lowest BCUT2D eigenvalue weighted by molar-refractivity contribution is -0.171. The Kier molecular flexibility index (Phi) is 11.1. The smallest absolute Gasteiger partial charge is 0.325 e. The van der Waals surface area contributed by atoms with Gasteiger partial charge in [-0.2, -0.15) is 0 Å². The van der Waals surface area contributed by atoms with Crippen molar-refractivity contribution in [2.75, 3.05) is 40.0 Å². The van der Waals surface area contributed by atoms with Crippen LogP contribution in [0.2, 0.25) is 0 Å². The first-order valence-electron chi connectivity index (χ1n) is 22.9. The van der Waals surface area contributed by atoms with E-state index < -0.39 is 17.5 Å². The number of methoxy groups -OCH3 is 1. The predicted molar refractivity (Wildman–Crippen MR) is 241 cm³/mol. The lowest BCUT2D eigenvalue weighted by Gasteiger charge is -2.53. The third-order valence-electron chi connectivity index (χ3n) is 14.7. The molecule has 1 aromatic carbocycles. The zero-order chi connectivity index (χ0) is 43.7. The molecule has 2 saturated carbocycles. The van der Waals surface area contributed by atoms with Gasteiger partial charge in [0.2, 0.25) is 5.91 Å². The number of likely N-dealkylation sites (tertiary alicyclic amines) is 1. The van der Waals surface area contributed by atoms with Crippen LogP contribution in [0.1, 0.15) is 94.7 Å². The van der Waals surface area contributed by atoms with Gasteiger partial charge in [0.15, 0.2) is 0 Å². The van der Waals surface area contributed by atoms with Crippen molar-refractivity contribution in [1.29, 1.82) is 0 Å². The maximum atomic E-state index is 14.5. The summed E-state index contributed by atoms with van der Waals surface area (Å²) in [6.07, 6.45) is 7.48. The number of ether oxygens (including phenoxy) is 3. The number of carbonyl (C=O) groups excluding carboxylic acids is 3. The van der Waals surface area contributed by atoms with Crippen LogP contribution in [0.5, 0.6) is 5.75 Å². The molecule has 332 valence electrons. The number of hydrogen-bond donors (Lipinski definition) is 2. The fourth-order valence-corrected chi connectivity index (χ4v) is 11.5. The number of hydrogen-bond acceptors (Lipinski definition) is 11. The topological polar surface area (TPSA) is 140 Å². The number of carbonyl (C=O) groups is 3. The normalized spacial score (nSPS) is 28.2. The number of nitrogens with zero attached hydrogens (tertiary/aromatic N) is 5. The molecule has 13 nitrogen and oxygen atoms in total. The number of amides is 2. The van der Waals surface area contributed by atoms with E-state index in [4.69, 9.17) is 24.2 Å². The van der Waals surface area contributed by atoms with E-state index in [1.54, 1.807) is 12.1 Å². The summed E-state index contributed by atoms with van der Waals surface area (Å²) in [4.78, 5) is 54.8. The van der Waals surface area contributed by atoms with Gasteiger partial charge in [-0.1, -0.05) is 46.0 Å². The highest BCUT2D eigenvalue weighted by Gasteiger charge is 2.53. The number of cyclic esters (lactones) is 1. The molecule has 14 heteroatoms. The van der Waals surface area contributed by atoms with Crippen LogP contribution >= 0.6 is 11.3 Å².